The van der Waals surface area contributed by atoms with E-state index in [1.807, 2.05) is 19.1 Å². The average molecular weight is 650 g/mol. The first-order chi connectivity index (χ1) is 22.0. The number of carbonyl (C=O) groups is 2. The van der Waals surface area contributed by atoms with E-state index in [2.05, 4.69) is 58.6 Å². The Hall–Kier alpha value is -2.79. The topological polar surface area (TPSA) is 55.8 Å². The fourth-order valence-corrected chi connectivity index (χ4v) is 8.00. The van der Waals surface area contributed by atoms with Crippen molar-refractivity contribution in [2.75, 3.05) is 18.6 Å². The van der Waals surface area contributed by atoms with Crippen molar-refractivity contribution >= 4 is 29.2 Å². The molecule has 1 aromatic rings. The molecule has 0 aliphatic heterocycles. The van der Waals surface area contributed by atoms with E-state index in [0.717, 1.165) is 30.0 Å². The maximum Gasteiger partial charge on any atom is 0.329 e. The predicted octanol–water partition coefficient (Wildman–Crippen LogP) is 10.1. The van der Waals surface area contributed by atoms with Crippen LogP contribution >= 0.6 is 11.6 Å². The third-order valence-corrected chi connectivity index (χ3v) is 11.5. The van der Waals surface area contributed by atoms with E-state index in [4.69, 9.17) is 21.1 Å². The molecule has 3 aliphatic rings. The highest BCUT2D eigenvalue weighted by atomic mass is 35.5. The minimum atomic E-state index is -0.626. The summed E-state index contributed by atoms with van der Waals surface area (Å²) in [6.45, 7) is 15.7. The lowest BCUT2D eigenvalue weighted by molar-refractivity contribution is -0.151. The summed E-state index contributed by atoms with van der Waals surface area (Å²) >= 11 is 6.11. The summed E-state index contributed by atoms with van der Waals surface area (Å²) in [4.78, 5) is 27.7. The minimum absolute atomic E-state index is 0.0553. The van der Waals surface area contributed by atoms with E-state index in [9.17, 15) is 9.59 Å². The van der Waals surface area contributed by atoms with E-state index >= 15 is 0 Å². The first kappa shape index (κ1) is 36.1. The third-order valence-electron chi connectivity index (χ3n) is 11.2. The number of carbonyl (C=O) groups excluding carboxylic acids is 2. The zero-order chi connectivity index (χ0) is 33.4. The molecule has 0 heterocycles. The van der Waals surface area contributed by atoms with Gasteiger partial charge in [-0.05, 0) is 117 Å². The van der Waals surface area contributed by atoms with E-state index in [-0.39, 0.29) is 18.6 Å². The molecule has 5 nitrogen and oxygen atoms in total. The van der Waals surface area contributed by atoms with Gasteiger partial charge in [0.05, 0.1) is 7.11 Å². The lowest BCUT2D eigenvalue weighted by Gasteiger charge is -2.42. The second-order valence-electron chi connectivity index (χ2n) is 14.4. The lowest BCUT2D eigenvalue weighted by Crippen LogP contribution is -2.46. The molecular weight excluding hydrogens is 594 g/mol. The van der Waals surface area contributed by atoms with Gasteiger partial charge in [-0.1, -0.05) is 88.2 Å². The second kappa shape index (κ2) is 16.4. The number of fused-ring (bicyclic) bond motifs is 1. The van der Waals surface area contributed by atoms with Crippen molar-refractivity contribution in [2.24, 2.45) is 29.1 Å². The number of nitrogens with zero attached hydrogens (tertiary/aromatic N) is 1. The Bertz CT molecular complexity index is 1310. The molecule has 6 atom stereocenters. The molecule has 3 saturated carbocycles. The van der Waals surface area contributed by atoms with Gasteiger partial charge in [0, 0.05) is 17.1 Å². The molecule has 0 spiro atoms. The quantitative estimate of drug-likeness (QED) is 0.167. The molecule has 1 unspecified atom stereocenters. The van der Waals surface area contributed by atoms with Gasteiger partial charge in [0.2, 0.25) is 0 Å². The Balaban J connectivity index is 1.44. The van der Waals surface area contributed by atoms with Crippen molar-refractivity contribution in [3.8, 4) is 0 Å². The summed E-state index contributed by atoms with van der Waals surface area (Å²) in [5, 5.41) is 0.587. The summed E-state index contributed by atoms with van der Waals surface area (Å²) in [5.41, 5.74) is 4.99. The molecule has 0 aromatic heterocycles. The van der Waals surface area contributed by atoms with Gasteiger partial charge in [-0.25, -0.2) is 4.79 Å². The predicted molar refractivity (Wildman–Crippen MR) is 190 cm³/mol. The normalized spacial score (nSPS) is 28.0. The number of methoxy groups -OCH3 is 1. The van der Waals surface area contributed by atoms with Gasteiger partial charge >= 0.3 is 11.9 Å². The van der Waals surface area contributed by atoms with Crippen LogP contribution in [0.3, 0.4) is 0 Å². The molecule has 46 heavy (non-hydrogen) atoms. The van der Waals surface area contributed by atoms with Crippen molar-refractivity contribution in [2.45, 2.75) is 111 Å². The molecule has 0 N–H and O–H groups in total. The molecule has 0 radical (unpaired) electrons. The first-order valence-electron chi connectivity index (χ1n) is 17.5. The highest BCUT2D eigenvalue weighted by Crippen LogP contribution is 2.58. The zero-order valence-electron chi connectivity index (χ0n) is 29.0. The van der Waals surface area contributed by atoms with E-state index < -0.39 is 12.0 Å². The SMILES string of the molecule is C=C1CC[C@H](OC(=O)[C@@H](CC)N(CC(=O)OC)c2ccc(Cl)cc2)C/C1=C/C=C1\CCC[C@@]2(C)C1CC[C@@H]2C/C=C/[C@@H](C)C(C)C. The van der Waals surface area contributed by atoms with Gasteiger partial charge in [0.1, 0.15) is 18.7 Å². The molecule has 6 heteroatoms. The average Bonchev–Trinajstić information content (AvgIpc) is 3.37. The summed E-state index contributed by atoms with van der Waals surface area (Å²) in [7, 11) is 1.35. The van der Waals surface area contributed by atoms with Crippen LogP contribution in [0.15, 0.2) is 71.9 Å². The molecule has 0 bridgehead atoms. The van der Waals surface area contributed by atoms with Crippen LogP contribution in [0.1, 0.15) is 98.8 Å². The molecular formula is C40H56ClNO4. The highest BCUT2D eigenvalue weighted by molar-refractivity contribution is 6.30. The van der Waals surface area contributed by atoms with E-state index in [1.54, 1.807) is 22.6 Å². The van der Waals surface area contributed by atoms with Crippen molar-refractivity contribution in [3.63, 3.8) is 0 Å². The lowest BCUT2D eigenvalue weighted by atomic mass is 9.63. The first-order valence-corrected chi connectivity index (χ1v) is 17.9. The Morgan fingerprint density at radius 1 is 1.11 bits per heavy atom. The number of allylic oxidation sites excluding steroid dienone is 6. The van der Waals surface area contributed by atoms with Gasteiger partial charge in [-0.15, -0.1) is 0 Å². The van der Waals surface area contributed by atoms with Crippen molar-refractivity contribution in [1.29, 1.82) is 0 Å². The van der Waals surface area contributed by atoms with Crippen molar-refractivity contribution < 1.29 is 19.1 Å². The van der Waals surface area contributed by atoms with Crippen LogP contribution in [0.2, 0.25) is 5.02 Å². The van der Waals surface area contributed by atoms with Crippen LogP contribution in [-0.4, -0.2) is 37.7 Å². The fourth-order valence-electron chi connectivity index (χ4n) is 7.87. The molecule has 4 rings (SSSR count). The largest absolute Gasteiger partial charge is 0.468 e. The van der Waals surface area contributed by atoms with Gasteiger partial charge in [-0.3, -0.25) is 4.79 Å². The Morgan fingerprint density at radius 2 is 1.85 bits per heavy atom. The molecule has 252 valence electrons. The van der Waals surface area contributed by atoms with Crippen molar-refractivity contribution in [1.82, 2.24) is 0 Å². The molecule has 0 saturated heterocycles. The third kappa shape index (κ3) is 8.76. The van der Waals surface area contributed by atoms with Crippen LogP contribution in [0, 0.1) is 29.1 Å². The Morgan fingerprint density at radius 3 is 2.52 bits per heavy atom. The zero-order valence-corrected chi connectivity index (χ0v) is 29.8. The van der Waals surface area contributed by atoms with Crippen LogP contribution in [-0.2, 0) is 19.1 Å². The van der Waals surface area contributed by atoms with Crippen LogP contribution < -0.4 is 4.90 Å². The summed E-state index contributed by atoms with van der Waals surface area (Å²) < 4.78 is 11.1. The van der Waals surface area contributed by atoms with Crippen LogP contribution in [0.4, 0.5) is 5.69 Å². The number of anilines is 1. The molecule has 3 aliphatic carbocycles. The maximum atomic E-state index is 13.6. The number of hydrogen-bond donors (Lipinski definition) is 0. The van der Waals surface area contributed by atoms with E-state index in [0.29, 0.717) is 41.0 Å². The van der Waals surface area contributed by atoms with Gasteiger partial charge in [0.15, 0.2) is 0 Å². The monoisotopic (exact) mass is 649 g/mol. The number of ether oxygens (including phenoxy) is 2. The van der Waals surface area contributed by atoms with Crippen LogP contribution in [0.25, 0.3) is 0 Å². The Kier molecular flexibility index (Phi) is 12.8. The molecule has 0 amide bonds. The summed E-state index contributed by atoms with van der Waals surface area (Å²) in [6, 6.07) is 6.51. The smallest absolute Gasteiger partial charge is 0.329 e. The summed E-state index contributed by atoms with van der Waals surface area (Å²) in [5.74, 6) is 1.95. The Labute approximate surface area is 283 Å². The highest BCUT2D eigenvalue weighted by Gasteiger charge is 2.48. The standard InChI is InChI=1S/C40H56ClNO4/c1-8-37(42(26-38(43)45-7)34-20-18-33(41)19-21-34)39(44)46-35-22-14-29(5)31(25-35)16-15-30-12-10-24-40(6)32(17-23-36(30)40)13-9-11-28(4)27(2)3/h9,11,15-16,18-21,27-28,32,35-37H,5,8,10,12-14,17,22-26H2,1-4,6-7H3/b11-9+,30-15+,31-16-/t28-,32+,35+,36?,37-,40-/m1/s1. The molecule has 1 aromatic carbocycles. The fraction of sp³-hybridized carbons (Fsp3) is 0.600. The number of esters is 2. The number of benzene rings is 1. The summed E-state index contributed by atoms with van der Waals surface area (Å²) in [6.07, 6.45) is 19.5. The number of rotatable bonds is 12. The second-order valence-corrected chi connectivity index (χ2v) is 14.8. The van der Waals surface area contributed by atoms with Crippen LogP contribution in [0.5, 0.6) is 0 Å². The van der Waals surface area contributed by atoms with Gasteiger partial charge < -0.3 is 14.4 Å². The maximum absolute atomic E-state index is 13.6. The number of halogens is 1. The van der Waals surface area contributed by atoms with E-state index in [1.165, 1.54) is 51.2 Å². The van der Waals surface area contributed by atoms with Crippen molar-refractivity contribution in [3.05, 3.63) is 76.9 Å². The molecule has 3 fully saturated rings. The minimum Gasteiger partial charge on any atom is -0.468 e. The number of hydrogen-bond acceptors (Lipinski definition) is 5. The van der Waals surface area contributed by atoms with Gasteiger partial charge in [-0.2, -0.15) is 0 Å². The van der Waals surface area contributed by atoms with Gasteiger partial charge in [0.25, 0.3) is 0 Å².